The lowest BCUT2D eigenvalue weighted by molar-refractivity contribution is -0.187. The van der Waals surface area contributed by atoms with Crippen molar-refractivity contribution in [1.29, 1.82) is 0 Å². The fraction of sp³-hybridized carbons (Fsp3) is 0.333. The van der Waals surface area contributed by atoms with Crippen molar-refractivity contribution in [2.45, 2.75) is 5.60 Å². The predicted octanol–water partition coefficient (Wildman–Crippen LogP) is 0.187. The first-order chi connectivity index (χ1) is 10.9. The van der Waals surface area contributed by atoms with Crippen LogP contribution in [-0.2, 0) is 38.9 Å². The molecule has 0 aliphatic carbocycles. The van der Waals surface area contributed by atoms with E-state index in [0.717, 1.165) is 21.3 Å². The summed E-state index contributed by atoms with van der Waals surface area (Å²) in [5.41, 5.74) is -2.20. The second-order valence-electron chi connectivity index (χ2n) is 4.64. The van der Waals surface area contributed by atoms with Gasteiger partial charge in [-0.2, -0.15) is 0 Å². The molecule has 2 rings (SSSR count). The Morgan fingerprint density at radius 2 is 1.57 bits per heavy atom. The van der Waals surface area contributed by atoms with Gasteiger partial charge in [0, 0.05) is 5.56 Å². The molecule has 0 saturated carbocycles. The van der Waals surface area contributed by atoms with Crippen molar-refractivity contribution in [3.05, 3.63) is 35.4 Å². The fourth-order valence-electron chi connectivity index (χ4n) is 2.54. The van der Waals surface area contributed by atoms with Crippen LogP contribution in [0, 0.1) is 5.92 Å². The minimum Gasteiger partial charge on any atom is -0.468 e. The number of hydrogen-bond acceptors (Lipinski definition) is 8. The minimum atomic E-state index is -2.29. The molecule has 1 aromatic rings. The van der Waals surface area contributed by atoms with E-state index in [1.807, 2.05) is 0 Å². The summed E-state index contributed by atoms with van der Waals surface area (Å²) in [4.78, 5) is 48.7. The number of carbonyl (C=O) groups excluding carboxylic acids is 4. The third-order valence-electron chi connectivity index (χ3n) is 3.57. The van der Waals surface area contributed by atoms with E-state index in [4.69, 9.17) is 4.74 Å². The smallest absolute Gasteiger partial charge is 0.356 e. The third kappa shape index (κ3) is 2.32. The lowest BCUT2D eigenvalue weighted by Crippen LogP contribution is -2.51. The number of cyclic esters (lactones) is 1. The van der Waals surface area contributed by atoms with Gasteiger partial charge in [0.2, 0.25) is 5.92 Å². The summed E-state index contributed by atoms with van der Waals surface area (Å²) in [5, 5.41) is 0. The van der Waals surface area contributed by atoms with Crippen LogP contribution >= 0.6 is 0 Å². The van der Waals surface area contributed by atoms with Crippen LogP contribution < -0.4 is 0 Å². The number of hydrogen-bond donors (Lipinski definition) is 0. The van der Waals surface area contributed by atoms with Crippen LogP contribution in [0.3, 0.4) is 0 Å². The largest absolute Gasteiger partial charge is 0.468 e. The number of methoxy groups -OCH3 is 3. The van der Waals surface area contributed by atoms with Gasteiger partial charge in [-0.3, -0.25) is 9.59 Å². The van der Waals surface area contributed by atoms with Crippen LogP contribution in [0.2, 0.25) is 0 Å². The van der Waals surface area contributed by atoms with Gasteiger partial charge < -0.3 is 18.9 Å². The highest BCUT2D eigenvalue weighted by Crippen LogP contribution is 2.44. The Balaban J connectivity index is 2.76. The lowest BCUT2D eigenvalue weighted by Gasteiger charge is -2.30. The average Bonchev–Trinajstić information content (AvgIpc) is 2.88. The molecule has 122 valence electrons. The van der Waals surface area contributed by atoms with Gasteiger partial charge in [-0.05, 0) is 6.07 Å². The van der Waals surface area contributed by atoms with Crippen molar-refractivity contribution >= 4 is 23.9 Å². The highest BCUT2D eigenvalue weighted by Gasteiger charge is 2.64. The number of fused-ring (bicyclic) bond motifs is 1. The van der Waals surface area contributed by atoms with E-state index in [1.165, 1.54) is 18.2 Å². The highest BCUT2D eigenvalue weighted by atomic mass is 16.6. The molecule has 8 heteroatoms. The van der Waals surface area contributed by atoms with Crippen LogP contribution in [-0.4, -0.2) is 45.2 Å². The molecular formula is C15H14O8. The number of carbonyl (C=O) groups is 4. The Morgan fingerprint density at radius 3 is 2.09 bits per heavy atom. The molecule has 0 bridgehead atoms. The molecule has 0 fully saturated rings. The third-order valence-corrected chi connectivity index (χ3v) is 3.57. The van der Waals surface area contributed by atoms with Crippen molar-refractivity contribution in [2.24, 2.45) is 5.92 Å². The zero-order chi connectivity index (χ0) is 17.2. The van der Waals surface area contributed by atoms with Gasteiger partial charge in [-0.15, -0.1) is 0 Å². The molecule has 1 aromatic carbocycles. The van der Waals surface area contributed by atoms with Gasteiger partial charge >= 0.3 is 23.9 Å². The Kier molecular flexibility index (Phi) is 4.35. The molecule has 1 heterocycles. The SMILES string of the molecule is COC(=O)C(C(=O)OC)[C@@]1(C(=O)OC)OC(=O)c2ccccc21. The Morgan fingerprint density at radius 1 is 1.00 bits per heavy atom. The summed E-state index contributed by atoms with van der Waals surface area (Å²) in [6.45, 7) is 0. The fourth-order valence-corrected chi connectivity index (χ4v) is 2.54. The van der Waals surface area contributed by atoms with E-state index >= 15 is 0 Å². The first kappa shape index (κ1) is 16.5. The van der Waals surface area contributed by atoms with Crippen LogP contribution in [0.4, 0.5) is 0 Å². The summed E-state index contributed by atoms with van der Waals surface area (Å²) >= 11 is 0. The second kappa shape index (κ2) is 6.07. The maximum atomic E-state index is 12.4. The molecule has 0 amide bonds. The second-order valence-corrected chi connectivity index (χ2v) is 4.64. The number of esters is 4. The van der Waals surface area contributed by atoms with Gasteiger partial charge in [-0.1, -0.05) is 18.2 Å². The van der Waals surface area contributed by atoms with Crippen molar-refractivity contribution in [3.63, 3.8) is 0 Å². The van der Waals surface area contributed by atoms with Gasteiger partial charge in [0.15, 0.2) is 0 Å². The standard InChI is InChI=1S/C15H14O8/c1-20-12(17)10(13(18)21-2)15(14(19)22-3)9-7-5-4-6-8(9)11(16)23-15/h4-7,10H,1-3H3/t15-/m0/s1. The maximum absolute atomic E-state index is 12.4. The normalized spacial score (nSPS) is 18.9. The van der Waals surface area contributed by atoms with E-state index in [0.29, 0.717) is 0 Å². The summed E-state index contributed by atoms with van der Waals surface area (Å²) in [6.07, 6.45) is 0. The first-order valence-corrected chi connectivity index (χ1v) is 6.51. The van der Waals surface area contributed by atoms with E-state index in [-0.39, 0.29) is 11.1 Å². The molecule has 1 aliphatic heterocycles. The molecular weight excluding hydrogens is 308 g/mol. The summed E-state index contributed by atoms with van der Waals surface area (Å²) in [7, 11) is 3.11. The molecule has 0 aromatic heterocycles. The molecule has 8 nitrogen and oxygen atoms in total. The monoisotopic (exact) mass is 322 g/mol. The van der Waals surface area contributed by atoms with Gasteiger partial charge in [0.1, 0.15) is 0 Å². The molecule has 0 saturated heterocycles. The van der Waals surface area contributed by atoms with E-state index in [1.54, 1.807) is 6.07 Å². The molecule has 0 radical (unpaired) electrons. The van der Waals surface area contributed by atoms with Crippen molar-refractivity contribution in [3.8, 4) is 0 Å². The molecule has 0 spiro atoms. The summed E-state index contributed by atoms with van der Waals surface area (Å²) < 4.78 is 19.0. The first-order valence-electron chi connectivity index (χ1n) is 6.51. The van der Waals surface area contributed by atoms with E-state index in [9.17, 15) is 19.2 Å². The topological polar surface area (TPSA) is 105 Å². The van der Waals surface area contributed by atoms with Crippen LogP contribution in [0.5, 0.6) is 0 Å². The predicted molar refractivity (Wildman–Crippen MR) is 73.1 cm³/mol. The van der Waals surface area contributed by atoms with Gasteiger partial charge in [-0.25, -0.2) is 9.59 Å². The molecule has 0 unspecified atom stereocenters. The van der Waals surface area contributed by atoms with Gasteiger partial charge in [0.05, 0.1) is 26.9 Å². The summed E-state index contributed by atoms with van der Waals surface area (Å²) in [6, 6.07) is 5.90. The zero-order valence-corrected chi connectivity index (χ0v) is 12.7. The summed E-state index contributed by atoms with van der Waals surface area (Å²) in [5.74, 6) is -5.98. The molecule has 1 aliphatic rings. The number of rotatable bonds is 4. The number of benzene rings is 1. The van der Waals surface area contributed by atoms with Gasteiger partial charge in [0.25, 0.3) is 5.60 Å². The Hall–Kier alpha value is -2.90. The van der Waals surface area contributed by atoms with Crippen molar-refractivity contribution < 1.29 is 38.1 Å². The maximum Gasteiger partial charge on any atom is 0.356 e. The zero-order valence-electron chi connectivity index (χ0n) is 12.7. The highest BCUT2D eigenvalue weighted by molar-refractivity contribution is 6.08. The average molecular weight is 322 g/mol. The van der Waals surface area contributed by atoms with E-state index in [2.05, 4.69) is 14.2 Å². The molecule has 23 heavy (non-hydrogen) atoms. The van der Waals surface area contributed by atoms with Crippen molar-refractivity contribution in [1.82, 2.24) is 0 Å². The number of ether oxygens (including phenoxy) is 4. The van der Waals surface area contributed by atoms with Crippen LogP contribution in [0.1, 0.15) is 15.9 Å². The van der Waals surface area contributed by atoms with Crippen LogP contribution in [0.15, 0.2) is 24.3 Å². The Bertz CT molecular complexity index is 664. The molecule has 0 N–H and O–H groups in total. The minimum absolute atomic E-state index is 0.0395. The molecule has 1 atom stereocenters. The Labute approximate surface area is 131 Å². The van der Waals surface area contributed by atoms with Crippen LogP contribution in [0.25, 0.3) is 0 Å². The quantitative estimate of drug-likeness (QED) is 0.439. The van der Waals surface area contributed by atoms with E-state index < -0.39 is 35.4 Å². The van der Waals surface area contributed by atoms with Crippen molar-refractivity contribution in [2.75, 3.05) is 21.3 Å². The lowest BCUT2D eigenvalue weighted by atomic mass is 9.80.